The average Bonchev–Trinajstić information content (AvgIpc) is 2.85. The highest BCUT2D eigenvalue weighted by atomic mass is 16.5. The Hall–Kier alpha value is -3.39. The number of benzene rings is 2. The van der Waals surface area contributed by atoms with Gasteiger partial charge >= 0.3 is 6.03 Å². The van der Waals surface area contributed by atoms with Crippen molar-refractivity contribution in [3.8, 4) is 5.75 Å². The second-order valence-corrected chi connectivity index (χ2v) is 8.42. The Labute approximate surface area is 193 Å². The van der Waals surface area contributed by atoms with Gasteiger partial charge in [0.2, 0.25) is 11.8 Å². The van der Waals surface area contributed by atoms with Crippen LogP contribution in [-0.4, -0.2) is 59.9 Å². The number of fused-ring (bicyclic) bond motifs is 1. The Morgan fingerprint density at radius 2 is 1.79 bits per heavy atom. The van der Waals surface area contributed by atoms with Crippen LogP contribution < -0.4 is 15.4 Å². The SMILES string of the molecule is CCc1ccc(NC(=O)CN2C(=O)N(Cc3ccc(OC)cc3)C(=O)C3NCCCC32)cc1. The molecule has 0 aliphatic carbocycles. The highest BCUT2D eigenvalue weighted by Crippen LogP contribution is 2.26. The fraction of sp³-hybridized carbons (Fsp3) is 0.400. The van der Waals surface area contributed by atoms with E-state index < -0.39 is 12.1 Å². The van der Waals surface area contributed by atoms with Crippen molar-refractivity contribution in [3.63, 3.8) is 0 Å². The Morgan fingerprint density at radius 1 is 1.09 bits per heavy atom. The summed E-state index contributed by atoms with van der Waals surface area (Å²) in [6, 6.07) is 13.6. The van der Waals surface area contributed by atoms with Gasteiger partial charge in [0.25, 0.3) is 0 Å². The molecule has 2 aromatic carbocycles. The number of piperidine rings is 1. The molecule has 8 nitrogen and oxygen atoms in total. The maximum Gasteiger partial charge on any atom is 0.327 e. The number of hydrogen-bond acceptors (Lipinski definition) is 5. The number of imide groups is 1. The first-order valence-corrected chi connectivity index (χ1v) is 11.4. The molecule has 2 fully saturated rings. The Morgan fingerprint density at radius 3 is 2.45 bits per heavy atom. The van der Waals surface area contributed by atoms with Crippen LogP contribution in [0.2, 0.25) is 0 Å². The number of methoxy groups -OCH3 is 1. The van der Waals surface area contributed by atoms with E-state index in [4.69, 9.17) is 4.74 Å². The molecule has 2 unspecified atom stereocenters. The van der Waals surface area contributed by atoms with Gasteiger partial charge in [-0.25, -0.2) is 4.79 Å². The smallest absolute Gasteiger partial charge is 0.327 e. The molecule has 174 valence electrons. The maximum absolute atomic E-state index is 13.4. The van der Waals surface area contributed by atoms with Crippen LogP contribution in [0.25, 0.3) is 0 Å². The van der Waals surface area contributed by atoms with Crippen LogP contribution in [0.3, 0.4) is 0 Å². The predicted octanol–water partition coefficient (Wildman–Crippen LogP) is 2.78. The minimum absolute atomic E-state index is 0.108. The van der Waals surface area contributed by atoms with Crippen LogP contribution in [-0.2, 0) is 22.6 Å². The average molecular weight is 451 g/mol. The number of ether oxygens (including phenoxy) is 1. The van der Waals surface area contributed by atoms with Gasteiger partial charge in [-0.3, -0.25) is 14.5 Å². The van der Waals surface area contributed by atoms with Gasteiger partial charge < -0.3 is 20.3 Å². The summed E-state index contributed by atoms with van der Waals surface area (Å²) in [7, 11) is 1.59. The van der Waals surface area contributed by atoms with E-state index in [0.29, 0.717) is 24.4 Å². The molecule has 0 spiro atoms. The second-order valence-electron chi connectivity index (χ2n) is 8.42. The predicted molar refractivity (Wildman–Crippen MR) is 125 cm³/mol. The fourth-order valence-corrected chi connectivity index (χ4v) is 4.44. The van der Waals surface area contributed by atoms with Gasteiger partial charge in [0.15, 0.2) is 0 Å². The number of rotatable bonds is 7. The lowest BCUT2D eigenvalue weighted by molar-refractivity contribution is -0.138. The minimum atomic E-state index is -0.508. The van der Waals surface area contributed by atoms with Gasteiger partial charge in [-0.05, 0) is 61.2 Å². The lowest BCUT2D eigenvalue weighted by atomic mass is 9.93. The number of nitrogens with zero attached hydrogens (tertiary/aromatic N) is 2. The second kappa shape index (κ2) is 10.0. The maximum atomic E-state index is 13.4. The van der Waals surface area contributed by atoms with Crippen molar-refractivity contribution in [3.05, 3.63) is 59.7 Å². The first-order valence-electron chi connectivity index (χ1n) is 11.4. The lowest BCUT2D eigenvalue weighted by Crippen LogP contribution is -2.70. The first kappa shape index (κ1) is 22.8. The molecule has 2 aliphatic rings. The van der Waals surface area contributed by atoms with Gasteiger partial charge in [-0.15, -0.1) is 0 Å². The third-order valence-electron chi connectivity index (χ3n) is 6.29. The molecule has 0 aromatic heterocycles. The lowest BCUT2D eigenvalue weighted by Gasteiger charge is -2.46. The van der Waals surface area contributed by atoms with Gasteiger partial charge in [0.1, 0.15) is 18.3 Å². The zero-order valence-corrected chi connectivity index (χ0v) is 19.0. The normalized spacial score (nSPS) is 20.4. The number of carbonyl (C=O) groups is 3. The summed E-state index contributed by atoms with van der Waals surface area (Å²) in [6.45, 7) is 2.82. The van der Waals surface area contributed by atoms with Crippen molar-refractivity contribution in [2.45, 2.75) is 44.8 Å². The molecule has 0 bridgehead atoms. The van der Waals surface area contributed by atoms with E-state index in [2.05, 4.69) is 17.6 Å². The highest BCUT2D eigenvalue weighted by molar-refractivity contribution is 6.02. The Balaban J connectivity index is 1.50. The van der Waals surface area contributed by atoms with E-state index in [1.54, 1.807) is 19.2 Å². The standard InChI is InChI=1S/C25H30N4O4/c1-3-17-6-10-19(11-7-17)27-22(30)16-28-21-5-4-14-26-23(21)24(31)29(25(28)32)15-18-8-12-20(33-2)13-9-18/h6-13,21,23,26H,3-5,14-16H2,1-2H3,(H,27,30). The number of hydrogen-bond donors (Lipinski definition) is 2. The van der Waals surface area contributed by atoms with E-state index >= 15 is 0 Å². The summed E-state index contributed by atoms with van der Waals surface area (Å²) < 4.78 is 5.18. The summed E-state index contributed by atoms with van der Waals surface area (Å²) in [6.07, 6.45) is 2.45. The van der Waals surface area contributed by atoms with Crippen LogP contribution in [0.5, 0.6) is 5.75 Å². The third kappa shape index (κ3) is 5.01. The largest absolute Gasteiger partial charge is 0.497 e. The summed E-state index contributed by atoms with van der Waals surface area (Å²) in [4.78, 5) is 42.2. The molecule has 0 radical (unpaired) electrons. The zero-order valence-electron chi connectivity index (χ0n) is 19.0. The molecule has 4 rings (SSSR count). The molecule has 2 aliphatic heterocycles. The minimum Gasteiger partial charge on any atom is -0.497 e. The van der Waals surface area contributed by atoms with E-state index in [9.17, 15) is 14.4 Å². The molecule has 8 heteroatoms. The van der Waals surface area contributed by atoms with Crippen molar-refractivity contribution < 1.29 is 19.1 Å². The topological polar surface area (TPSA) is 91.0 Å². The molecule has 2 aromatic rings. The number of nitrogens with one attached hydrogen (secondary N) is 2. The summed E-state index contributed by atoms with van der Waals surface area (Å²) in [5.41, 5.74) is 2.68. The van der Waals surface area contributed by atoms with E-state index in [-0.39, 0.29) is 30.9 Å². The van der Waals surface area contributed by atoms with Crippen LogP contribution in [0.15, 0.2) is 48.5 Å². The number of urea groups is 1. The van der Waals surface area contributed by atoms with Crippen molar-refractivity contribution in [2.24, 2.45) is 0 Å². The molecule has 2 atom stereocenters. The summed E-state index contributed by atoms with van der Waals surface area (Å²) in [5.74, 6) is 0.178. The van der Waals surface area contributed by atoms with Crippen molar-refractivity contribution in [2.75, 3.05) is 25.5 Å². The van der Waals surface area contributed by atoms with Crippen LogP contribution >= 0.6 is 0 Å². The van der Waals surface area contributed by atoms with Gasteiger partial charge in [0, 0.05) is 5.69 Å². The fourth-order valence-electron chi connectivity index (χ4n) is 4.44. The molecule has 2 N–H and O–H groups in total. The van der Waals surface area contributed by atoms with Crippen LogP contribution in [0.4, 0.5) is 10.5 Å². The zero-order chi connectivity index (χ0) is 23.4. The Kier molecular flexibility index (Phi) is 6.93. The van der Waals surface area contributed by atoms with Gasteiger partial charge in [-0.1, -0.05) is 31.2 Å². The summed E-state index contributed by atoms with van der Waals surface area (Å²) >= 11 is 0. The molecule has 33 heavy (non-hydrogen) atoms. The molecule has 2 heterocycles. The number of amides is 4. The number of anilines is 1. The highest BCUT2D eigenvalue weighted by Gasteiger charge is 2.47. The molecule has 0 saturated carbocycles. The third-order valence-corrected chi connectivity index (χ3v) is 6.29. The molecule has 4 amide bonds. The quantitative estimate of drug-likeness (QED) is 0.677. The number of carbonyl (C=O) groups excluding carboxylic acids is 3. The van der Waals surface area contributed by atoms with Gasteiger partial charge in [0.05, 0.1) is 19.7 Å². The van der Waals surface area contributed by atoms with E-state index in [0.717, 1.165) is 18.4 Å². The molecular weight excluding hydrogens is 420 g/mol. The number of aryl methyl sites for hydroxylation is 1. The monoisotopic (exact) mass is 450 g/mol. The van der Waals surface area contributed by atoms with Crippen LogP contribution in [0.1, 0.15) is 30.9 Å². The molecular formula is C25H30N4O4. The van der Waals surface area contributed by atoms with E-state index in [1.807, 2.05) is 36.4 Å². The van der Waals surface area contributed by atoms with Crippen molar-refractivity contribution >= 4 is 23.5 Å². The van der Waals surface area contributed by atoms with E-state index in [1.165, 1.54) is 15.4 Å². The molecule has 2 saturated heterocycles. The van der Waals surface area contributed by atoms with Gasteiger partial charge in [-0.2, -0.15) is 0 Å². The summed E-state index contributed by atoms with van der Waals surface area (Å²) in [5, 5.41) is 6.13. The van der Waals surface area contributed by atoms with Crippen molar-refractivity contribution in [1.29, 1.82) is 0 Å². The Bertz CT molecular complexity index is 1010. The first-order chi connectivity index (χ1) is 16.0. The van der Waals surface area contributed by atoms with Crippen LogP contribution in [0, 0.1) is 0 Å². The van der Waals surface area contributed by atoms with Crippen molar-refractivity contribution in [1.82, 2.24) is 15.1 Å².